The predicted molar refractivity (Wildman–Crippen MR) is 67.9 cm³/mol. The van der Waals surface area contributed by atoms with Gasteiger partial charge in [-0.2, -0.15) is 0 Å². The monoisotopic (exact) mass is 217 g/mol. The van der Waals surface area contributed by atoms with Crippen LogP contribution in [-0.4, -0.2) is 6.54 Å². The number of nitrogens with one attached hydrogen (secondary N) is 1. The van der Waals surface area contributed by atoms with Crippen LogP contribution in [0.4, 0.5) is 0 Å². The zero-order valence-electron chi connectivity index (χ0n) is 10.7. The summed E-state index contributed by atoms with van der Waals surface area (Å²) in [5.74, 6) is 4.06. The van der Waals surface area contributed by atoms with E-state index in [1.807, 2.05) is 0 Å². The van der Waals surface area contributed by atoms with Gasteiger partial charge < -0.3 is 5.32 Å². The third-order valence-electron chi connectivity index (χ3n) is 5.15. The quantitative estimate of drug-likeness (QED) is 0.656. The van der Waals surface area contributed by atoms with Crippen molar-refractivity contribution in [3.8, 4) is 0 Å². The van der Waals surface area contributed by atoms with E-state index in [1.54, 1.807) is 11.3 Å². The summed E-state index contributed by atoms with van der Waals surface area (Å²) in [6.45, 7) is 8.42. The molecular formula is C15H23N. The highest BCUT2D eigenvalue weighted by molar-refractivity contribution is 5.36. The molecule has 0 spiro atoms. The first-order valence-electron chi connectivity index (χ1n) is 6.86. The van der Waals surface area contributed by atoms with Gasteiger partial charge in [-0.3, -0.25) is 0 Å². The molecule has 1 nitrogen and oxygen atoms in total. The van der Waals surface area contributed by atoms with Gasteiger partial charge >= 0.3 is 0 Å². The first-order valence-corrected chi connectivity index (χ1v) is 6.86. The molecule has 1 N–H and O–H groups in total. The van der Waals surface area contributed by atoms with Crippen molar-refractivity contribution in [1.82, 2.24) is 5.32 Å². The Morgan fingerprint density at radius 1 is 1.19 bits per heavy atom. The Balaban J connectivity index is 2.02. The summed E-state index contributed by atoms with van der Waals surface area (Å²) < 4.78 is 0. The zero-order chi connectivity index (χ0) is 11.3. The molecule has 0 saturated heterocycles. The van der Waals surface area contributed by atoms with Crippen LogP contribution in [0.1, 0.15) is 33.6 Å². The van der Waals surface area contributed by atoms with Crippen LogP contribution < -0.4 is 5.32 Å². The summed E-state index contributed by atoms with van der Waals surface area (Å²) in [5, 5.41) is 3.73. The standard InChI is InChI=1S/C15H23N/c1-9-5-4-8-16-15-12(9)6-7-13-10(2)14(15)11(13)3/h6-7,9-11,13-14,16H,4-5,8H2,1-3H3. The van der Waals surface area contributed by atoms with Crippen molar-refractivity contribution >= 4 is 0 Å². The minimum absolute atomic E-state index is 0.750. The van der Waals surface area contributed by atoms with E-state index in [9.17, 15) is 0 Å². The summed E-state index contributed by atoms with van der Waals surface area (Å²) in [4.78, 5) is 0. The van der Waals surface area contributed by atoms with Gasteiger partial charge in [-0.15, -0.1) is 0 Å². The molecule has 16 heavy (non-hydrogen) atoms. The van der Waals surface area contributed by atoms with E-state index < -0.39 is 0 Å². The maximum Gasteiger partial charge on any atom is 0.0179 e. The van der Waals surface area contributed by atoms with E-state index in [0.29, 0.717) is 0 Å². The lowest BCUT2D eigenvalue weighted by molar-refractivity contribution is 0.0624. The van der Waals surface area contributed by atoms with E-state index in [4.69, 9.17) is 0 Å². The van der Waals surface area contributed by atoms with E-state index in [-0.39, 0.29) is 0 Å². The summed E-state index contributed by atoms with van der Waals surface area (Å²) >= 11 is 0. The van der Waals surface area contributed by atoms with Crippen molar-refractivity contribution in [2.24, 2.45) is 29.6 Å². The second-order valence-electron chi connectivity index (χ2n) is 6.02. The fraction of sp³-hybridized carbons (Fsp3) is 0.733. The molecule has 1 heteroatoms. The molecule has 2 bridgehead atoms. The Morgan fingerprint density at radius 2 is 1.94 bits per heavy atom. The Labute approximate surface area is 99.0 Å². The van der Waals surface area contributed by atoms with Crippen LogP contribution in [0.3, 0.4) is 0 Å². The van der Waals surface area contributed by atoms with Crippen LogP contribution in [0.25, 0.3) is 0 Å². The molecule has 4 aliphatic rings. The maximum atomic E-state index is 3.73. The lowest BCUT2D eigenvalue weighted by atomic mass is 9.57. The molecule has 0 radical (unpaired) electrons. The molecule has 1 heterocycles. The highest BCUT2D eigenvalue weighted by Gasteiger charge is 2.47. The van der Waals surface area contributed by atoms with E-state index >= 15 is 0 Å². The Morgan fingerprint density at radius 3 is 2.69 bits per heavy atom. The van der Waals surface area contributed by atoms with Gasteiger partial charge in [-0.25, -0.2) is 0 Å². The van der Waals surface area contributed by atoms with Crippen LogP contribution >= 0.6 is 0 Å². The first-order chi connectivity index (χ1) is 7.70. The van der Waals surface area contributed by atoms with Crippen molar-refractivity contribution in [2.45, 2.75) is 33.6 Å². The average molecular weight is 217 g/mol. The van der Waals surface area contributed by atoms with Gasteiger partial charge in [-0.05, 0) is 42.1 Å². The summed E-state index contributed by atoms with van der Waals surface area (Å²) in [7, 11) is 0. The Hall–Kier alpha value is -0.720. The molecule has 1 saturated carbocycles. The van der Waals surface area contributed by atoms with Gasteiger partial charge in [-0.1, -0.05) is 32.9 Å². The molecule has 88 valence electrons. The van der Waals surface area contributed by atoms with Gasteiger partial charge in [0, 0.05) is 18.2 Å². The van der Waals surface area contributed by atoms with Gasteiger partial charge in [0.25, 0.3) is 0 Å². The molecule has 0 aromatic heterocycles. The molecule has 3 aliphatic carbocycles. The predicted octanol–water partition coefficient (Wildman–Crippen LogP) is 3.35. The second-order valence-corrected chi connectivity index (χ2v) is 6.02. The lowest BCUT2D eigenvalue weighted by Crippen LogP contribution is -2.45. The smallest absolute Gasteiger partial charge is 0.0179 e. The number of hydrogen-bond acceptors (Lipinski definition) is 1. The summed E-state index contributed by atoms with van der Waals surface area (Å²) in [5.41, 5.74) is 3.20. The second kappa shape index (κ2) is 3.65. The fourth-order valence-electron chi connectivity index (χ4n) is 4.10. The van der Waals surface area contributed by atoms with Crippen molar-refractivity contribution in [3.05, 3.63) is 23.4 Å². The summed E-state index contributed by atoms with van der Waals surface area (Å²) in [6, 6.07) is 0. The minimum atomic E-state index is 0.750. The minimum Gasteiger partial charge on any atom is -0.388 e. The fourth-order valence-corrected chi connectivity index (χ4v) is 4.10. The van der Waals surface area contributed by atoms with Crippen molar-refractivity contribution < 1.29 is 0 Å². The number of hydrogen-bond donors (Lipinski definition) is 1. The molecule has 4 rings (SSSR count). The van der Waals surface area contributed by atoms with E-state index in [0.717, 1.165) is 29.6 Å². The first kappa shape index (κ1) is 10.4. The Bertz CT molecular complexity index is 342. The van der Waals surface area contributed by atoms with Crippen LogP contribution in [0.5, 0.6) is 0 Å². The molecular weight excluding hydrogens is 194 g/mol. The van der Waals surface area contributed by atoms with Crippen LogP contribution in [0.2, 0.25) is 0 Å². The zero-order valence-corrected chi connectivity index (χ0v) is 10.7. The van der Waals surface area contributed by atoms with Crippen molar-refractivity contribution in [3.63, 3.8) is 0 Å². The van der Waals surface area contributed by atoms with Gasteiger partial charge in [0.2, 0.25) is 0 Å². The molecule has 3 unspecified atom stereocenters. The molecule has 0 aromatic carbocycles. The maximum absolute atomic E-state index is 3.73. The molecule has 0 amide bonds. The number of rotatable bonds is 0. The van der Waals surface area contributed by atoms with Crippen molar-refractivity contribution in [2.75, 3.05) is 6.54 Å². The average Bonchev–Trinajstić information content (AvgIpc) is 2.58. The number of allylic oxidation sites excluding steroid dienone is 4. The lowest BCUT2D eigenvalue weighted by Gasteiger charge is -2.48. The topological polar surface area (TPSA) is 12.0 Å². The molecule has 1 aliphatic heterocycles. The molecule has 1 fully saturated rings. The van der Waals surface area contributed by atoms with Crippen LogP contribution in [0.15, 0.2) is 23.4 Å². The normalized spacial score (nSPS) is 46.3. The molecule has 0 aromatic rings. The van der Waals surface area contributed by atoms with Gasteiger partial charge in [0.15, 0.2) is 0 Å². The van der Waals surface area contributed by atoms with E-state index in [1.165, 1.54) is 19.4 Å². The van der Waals surface area contributed by atoms with Crippen LogP contribution in [0, 0.1) is 29.6 Å². The SMILES string of the molecule is CC1CCCNC2=C1C=CC1C(C)C2C1C. The Kier molecular flexibility index (Phi) is 2.38. The highest BCUT2D eigenvalue weighted by Crippen LogP contribution is 2.53. The summed E-state index contributed by atoms with van der Waals surface area (Å²) in [6.07, 6.45) is 7.58. The largest absolute Gasteiger partial charge is 0.388 e. The van der Waals surface area contributed by atoms with Gasteiger partial charge in [0.1, 0.15) is 0 Å². The molecule has 3 atom stereocenters. The van der Waals surface area contributed by atoms with E-state index in [2.05, 4.69) is 38.2 Å². The van der Waals surface area contributed by atoms with Crippen molar-refractivity contribution in [1.29, 1.82) is 0 Å². The highest BCUT2D eigenvalue weighted by atomic mass is 14.9. The van der Waals surface area contributed by atoms with Crippen LogP contribution in [-0.2, 0) is 0 Å². The third-order valence-corrected chi connectivity index (χ3v) is 5.15. The van der Waals surface area contributed by atoms with Gasteiger partial charge in [0.05, 0.1) is 0 Å². The third kappa shape index (κ3) is 1.30.